The second kappa shape index (κ2) is 6.56. The predicted molar refractivity (Wildman–Crippen MR) is 101 cm³/mol. The fourth-order valence-corrected chi connectivity index (χ4v) is 4.81. The minimum atomic E-state index is 0.0500. The molecule has 27 heavy (non-hydrogen) atoms. The normalized spacial score (nSPS) is 26.9. The lowest BCUT2D eigenvalue weighted by molar-refractivity contribution is 0.0775. The maximum Gasteiger partial charge on any atom is 0.257 e. The molecule has 5 rings (SSSR count). The number of carbonyl (C=O) groups excluding carboxylic acids is 1. The van der Waals surface area contributed by atoms with Crippen molar-refractivity contribution in [3.8, 4) is 0 Å². The van der Waals surface area contributed by atoms with Crippen LogP contribution in [0.25, 0.3) is 0 Å². The summed E-state index contributed by atoms with van der Waals surface area (Å²) < 4.78 is 0. The van der Waals surface area contributed by atoms with Crippen molar-refractivity contribution in [2.75, 3.05) is 38.5 Å². The summed E-state index contributed by atoms with van der Waals surface area (Å²) in [7, 11) is 2.16. The third kappa shape index (κ3) is 3.06. The SMILES string of the molecule is CN1CC2CN(C(=O)c3cnc(N[C@@H]4CCc5ncccc54)nc3)CC2C1. The molecule has 0 saturated carbocycles. The summed E-state index contributed by atoms with van der Waals surface area (Å²) in [5.41, 5.74) is 2.93. The second-order valence-electron chi connectivity index (χ2n) is 8.02. The fraction of sp³-hybridized carbons (Fsp3) is 0.500. The highest BCUT2D eigenvalue weighted by Gasteiger charge is 2.40. The van der Waals surface area contributed by atoms with E-state index in [-0.39, 0.29) is 11.9 Å². The van der Waals surface area contributed by atoms with Crippen LogP contribution in [0.15, 0.2) is 30.7 Å². The molecule has 0 aromatic carbocycles. The first-order chi connectivity index (χ1) is 13.2. The van der Waals surface area contributed by atoms with E-state index >= 15 is 0 Å². The molecule has 2 aromatic heterocycles. The second-order valence-corrected chi connectivity index (χ2v) is 8.02. The molecule has 3 atom stereocenters. The van der Waals surface area contributed by atoms with Gasteiger partial charge in [0.1, 0.15) is 0 Å². The zero-order valence-corrected chi connectivity index (χ0v) is 15.5. The Morgan fingerprint density at radius 1 is 1.11 bits per heavy atom. The summed E-state index contributed by atoms with van der Waals surface area (Å²) in [5, 5.41) is 3.38. The number of nitrogens with one attached hydrogen (secondary N) is 1. The number of likely N-dealkylation sites (tertiary alicyclic amines) is 2. The van der Waals surface area contributed by atoms with Crippen LogP contribution in [0.5, 0.6) is 0 Å². The number of anilines is 1. The maximum absolute atomic E-state index is 12.8. The molecular weight excluding hydrogens is 340 g/mol. The van der Waals surface area contributed by atoms with Gasteiger partial charge in [0.15, 0.2) is 0 Å². The number of fused-ring (bicyclic) bond motifs is 2. The molecule has 4 heterocycles. The predicted octanol–water partition coefficient (Wildman–Crippen LogP) is 1.60. The van der Waals surface area contributed by atoms with E-state index in [0.29, 0.717) is 23.3 Å². The van der Waals surface area contributed by atoms with Crippen LogP contribution >= 0.6 is 0 Å². The number of nitrogens with zero attached hydrogens (tertiary/aromatic N) is 5. The van der Waals surface area contributed by atoms with Gasteiger partial charge in [-0.05, 0) is 43.4 Å². The zero-order chi connectivity index (χ0) is 18.4. The van der Waals surface area contributed by atoms with E-state index in [4.69, 9.17) is 0 Å². The van der Waals surface area contributed by atoms with E-state index in [1.54, 1.807) is 12.4 Å². The van der Waals surface area contributed by atoms with Gasteiger partial charge in [0.2, 0.25) is 5.95 Å². The molecule has 0 radical (unpaired) electrons. The lowest BCUT2D eigenvalue weighted by Gasteiger charge is -2.19. The third-order valence-corrected chi connectivity index (χ3v) is 6.13. The molecule has 1 N–H and O–H groups in total. The van der Waals surface area contributed by atoms with Crippen LogP contribution in [0.1, 0.15) is 34.1 Å². The monoisotopic (exact) mass is 364 g/mol. The Morgan fingerprint density at radius 2 is 1.85 bits per heavy atom. The number of rotatable bonds is 3. The Balaban J connectivity index is 1.24. The number of hydrogen-bond donors (Lipinski definition) is 1. The molecule has 2 unspecified atom stereocenters. The van der Waals surface area contributed by atoms with Crippen LogP contribution < -0.4 is 5.32 Å². The molecule has 2 saturated heterocycles. The van der Waals surface area contributed by atoms with Crippen molar-refractivity contribution in [3.05, 3.63) is 47.5 Å². The summed E-state index contributed by atoms with van der Waals surface area (Å²) in [6.07, 6.45) is 7.09. The first-order valence-corrected chi connectivity index (χ1v) is 9.67. The number of carbonyl (C=O) groups is 1. The minimum absolute atomic E-state index is 0.0500. The highest BCUT2D eigenvalue weighted by molar-refractivity contribution is 5.94. The molecule has 3 aliphatic rings. The van der Waals surface area contributed by atoms with Gasteiger partial charge in [-0.15, -0.1) is 0 Å². The Morgan fingerprint density at radius 3 is 2.59 bits per heavy atom. The van der Waals surface area contributed by atoms with Crippen molar-refractivity contribution in [1.82, 2.24) is 24.8 Å². The smallest absolute Gasteiger partial charge is 0.257 e. The lowest BCUT2D eigenvalue weighted by atomic mass is 10.0. The van der Waals surface area contributed by atoms with Crippen LogP contribution in [0.3, 0.4) is 0 Å². The third-order valence-electron chi connectivity index (χ3n) is 6.13. The van der Waals surface area contributed by atoms with E-state index < -0.39 is 0 Å². The molecule has 2 aromatic rings. The summed E-state index contributed by atoms with van der Waals surface area (Å²) in [6, 6.07) is 4.25. The van der Waals surface area contributed by atoms with E-state index in [1.807, 2.05) is 17.2 Å². The van der Waals surface area contributed by atoms with Crippen molar-refractivity contribution >= 4 is 11.9 Å². The van der Waals surface area contributed by atoms with Crippen LogP contribution in [0.2, 0.25) is 0 Å². The first-order valence-electron chi connectivity index (χ1n) is 9.67. The van der Waals surface area contributed by atoms with Crippen LogP contribution in [-0.4, -0.2) is 63.9 Å². The van der Waals surface area contributed by atoms with Gasteiger partial charge in [0.05, 0.1) is 11.6 Å². The van der Waals surface area contributed by atoms with E-state index in [2.05, 4.69) is 38.3 Å². The molecule has 0 spiro atoms. The number of amides is 1. The molecule has 1 aliphatic carbocycles. The molecule has 140 valence electrons. The Kier molecular flexibility index (Phi) is 4.04. The largest absolute Gasteiger partial charge is 0.347 e. The summed E-state index contributed by atoms with van der Waals surface area (Å²) >= 11 is 0. The van der Waals surface area contributed by atoms with E-state index in [9.17, 15) is 4.79 Å². The van der Waals surface area contributed by atoms with Crippen molar-refractivity contribution in [2.45, 2.75) is 18.9 Å². The lowest BCUT2D eigenvalue weighted by Crippen LogP contribution is -2.32. The van der Waals surface area contributed by atoms with Gasteiger partial charge >= 0.3 is 0 Å². The van der Waals surface area contributed by atoms with Gasteiger partial charge in [-0.3, -0.25) is 9.78 Å². The number of aryl methyl sites for hydroxylation is 1. The van der Waals surface area contributed by atoms with E-state index in [1.165, 1.54) is 5.56 Å². The zero-order valence-electron chi connectivity index (χ0n) is 15.5. The fourth-order valence-electron chi connectivity index (χ4n) is 4.81. The molecular formula is C20H24N6O. The molecule has 2 aliphatic heterocycles. The average molecular weight is 364 g/mol. The van der Waals surface area contributed by atoms with Crippen LogP contribution in [0.4, 0.5) is 5.95 Å². The number of pyridine rings is 1. The van der Waals surface area contributed by atoms with Crippen LogP contribution in [0, 0.1) is 11.8 Å². The molecule has 0 bridgehead atoms. The molecule has 1 amide bonds. The topological polar surface area (TPSA) is 74.2 Å². The van der Waals surface area contributed by atoms with Gasteiger partial charge in [-0.1, -0.05) is 6.07 Å². The van der Waals surface area contributed by atoms with Crippen LogP contribution in [-0.2, 0) is 6.42 Å². The summed E-state index contributed by atoms with van der Waals surface area (Å²) in [6.45, 7) is 3.87. The van der Waals surface area contributed by atoms with Gasteiger partial charge in [0, 0.05) is 50.5 Å². The summed E-state index contributed by atoms with van der Waals surface area (Å²) in [4.78, 5) is 30.3. The highest BCUT2D eigenvalue weighted by Crippen LogP contribution is 2.32. The van der Waals surface area contributed by atoms with Gasteiger partial charge < -0.3 is 15.1 Å². The number of hydrogen-bond acceptors (Lipinski definition) is 6. The highest BCUT2D eigenvalue weighted by atomic mass is 16.2. The Bertz CT molecular complexity index is 840. The number of aromatic nitrogens is 3. The molecule has 7 nitrogen and oxygen atoms in total. The summed E-state index contributed by atoms with van der Waals surface area (Å²) in [5.74, 6) is 1.83. The van der Waals surface area contributed by atoms with Crippen molar-refractivity contribution in [2.24, 2.45) is 11.8 Å². The standard InChI is InChI=1S/C20H24N6O/c1-25-9-14-11-26(12-15(14)10-25)19(27)13-7-22-20(23-8-13)24-18-5-4-17-16(18)3-2-6-21-17/h2-3,6-8,14-15,18H,4-5,9-12H2,1H3,(H,22,23,24)/t14?,15?,18-/m1/s1. The quantitative estimate of drug-likeness (QED) is 0.892. The maximum atomic E-state index is 12.8. The average Bonchev–Trinajstić information content (AvgIpc) is 3.35. The minimum Gasteiger partial charge on any atom is -0.347 e. The van der Waals surface area contributed by atoms with Crippen molar-refractivity contribution in [1.29, 1.82) is 0 Å². The Labute approximate surface area is 158 Å². The van der Waals surface area contributed by atoms with Gasteiger partial charge in [-0.25, -0.2) is 9.97 Å². The van der Waals surface area contributed by atoms with E-state index in [0.717, 1.165) is 44.7 Å². The Hall–Kier alpha value is -2.54. The first kappa shape index (κ1) is 16.6. The van der Waals surface area contributed by atoms with Gasteiger partial charge in [0.25, 0.3) is 5.91 Å². The molecule has 7 heteroatoms. The van der Waals surface area contributed by atoms with Crippen molar-refractivity contribution < 1.29 is 4.79 Å². The van der Waals surface area contributed by atoms with Gasteiger partial charge in [-0.2, -0.15) is 0 Å². The van der Waals surface area contributed by atoms with Crippen molar-refractivity contribution in [3.63, 3.8) is 0 Å². The molecule has 2 fully saturated rings.